The van der Waals surface area contributed by atoms with E-state index in [0.29, 0.717) is 23.7 Å². The standard InChI is InChI=1S/C18H18N4O2S/c1-3-15-20-16(24-21-15)12-22(2)18(23)13-7-9-14(10-8-13)25-17-6-4-5-11-19-17/h4-11H,3,12H2,1-2H3. The molecule has 0 atom stereocenters. The van der Waals surface area contributed by atoms with Crippen LogP contribution < -0.4 is 0 Å². The van der Waals surface area contributed by atoms with E-state index in [-0.39, 0.29) is 12.5 Å². The average molecular weight is 354 g/mol. The molecule has 0 radical (unpaired) electrons. The van der Waals surface area contributed by atoms with Crippen LogP contribution in [-0.4, -0.2) is 33.0 Å². The number of pyridine rings is 1. The maximum atomic E-state index is 12.5. The molecule has 7 heteroatoms. The van der Waals surface area contributed by atoms with Crippen molar-refractivity contribution in [3.05, 3.63) is 65.9 Å². The maximum Gasteiger partial charge on any atom is 0.254 e. The third-order valence-electron chi connectivity index (χ3n) is 3.51. The lowest BCUT2D eigenvalue weighted by molar-refractivity contribution is 0.0769. The number of hydrogen-bond donors (Lipinski definition) is 0. The fourth-order valence-corrected chi connectivity index (χ4v) is 2.96. The van der Waals surface area contributed by atoms with Crippen molar-refractivity contribution in [3.63, 3.8) is 0 Å². The number of carbonyl (C=O) groups is 1. The predicted octanol–water partition coefficient (Wildman–Crippen LogP) is 3.45. The van der Waals surface area contributed by atoms with Gasteiger partial charge < -0.3 is 9.42 Å². The molecule has 2 heterocycles. The summed E-state index contributed by atoms with van der Waals surface area (Å²) in [6.45, 7) is 2.24. The van der Waals surface area contributed by atoms with E-state index in [1.165, 1.54) is 0 Å². The molecule has 1 amide bonds. The number of amides is 1. The Morgan fingerprint density at radius 1 is 1.20 bits per heavy atom. The summed E-state index contributed by atoms with van der Waals surface area (Å²) in [6.07, 6.45) is 2.47. The Labute approximate surface area is 150 Å². The van der Waals surface area contributed by atoms with Gasteiger partial charge in [0.25, 0.3) is 5.91 Å². The van der Waals surface area contributed by atoms with Gasteiger partial charge in [-0.25, -0.2) is 4.98 Å². The molecular weight excluding hydrogens is 336 g/mol. The molecule has 0 aliphatic rings. The smallest absolute Gasteiger partial charge is 0.254 e. The largest absolute Gasteiger partial charge is 0.337 e. The van der Waals surface area contributed by atoms with E-state index in [9.17, 15) is 4.79 Å². The summed E-state index contributed by atoms with van der Waals surface area (Å²) in [5.74, 6) is 0.993. The summed E-state index contributed by atoms with van der Waals surface area (Å²) in [5, 5.41) is 4.76. The quantitative estimate of drug-likeness (QED) is 0.675. The number of aromatic nitrogens is 3. The van der Waals surface area contributed by atoms with Crippen molar-refractivity contribution < 1.29 is 9.32 Å². The van der Waals surface area contributed by atoms with Crippen LogP contribution in [0.1, 0.15) is 29.0 Å². The number of aryl methyl sites for hydroxylation is 1. The van der Waals surface area contributed by atoms with E-state index in [4.69, 9.17) is 4.52 Å². The molecule has 0 aliphatic carbocycles. The summed E-state index contributed by atoms with van der Waals surface area (Å²) in [4.78, 5) is 23.6. The van der Waals surface area contributed by atoms with Crippen molar-refractivity contribution in [2.75, 3.05) is 7.05 Å². The third kappa shape index (κ3) is 4.45. The van der Waals surface area contributed by atoms with Crippen LogP contribution in [-0.2, 0) is 13.0 Å². The average Bonchev–Trinajstić information content (AvgIpc) is 3.10. The highest BCUT2D eigenvalue weighted by atomic mass is 32.2. The highest BCUT2D eigenvalue weighted by Gasteiger charge is 2.15. The number of nitrogens with zero attached hydrogens (tertiary/aromatic N) is 4. The number of rotatable bonds is 6. The zero-order chi connectivity index (χ0) is 17.6. The van der Waals surface area contributed by atoms with Gasteiger partial charge in [-0.1, -0.05) is 29.9 Å². The lowest BCUT2D eigenvalue weighted by atomic mass is 10.2. The van der Waals surface area contributed by atoms with Gasteiger partial charge in [0.2, 0.25) is 5.89 Å². The van der Waals surface area contributed by atoms with Crippen LogP contribution in [0.2, 0.25) is 0 Å². The normalized spacial score (nSPS) is 10.6. The second kappa shape index (κ2) is 7.94. The highest BCUT2D eigenvalue weighted by Crippen LogP contribution is 2.25. The first-order chi connectivity index (χ1) is 12.2. The lowest BCUT2D eigenvalue weighted by Crippen LogP contribution is -2.26. The van der Waals surface area contributed by atoms with Crippen molar-refractivity contribution in [1.82, 2.24) is 20.0 Å². The first-order valence-electron chi connectivity index (χ1n) is 7.91. The SMILES string of the molecule is CCc1noc(CN(C)C(=O)c2ccc(Sc3ccccn3)cc2)n1. The van der Waals surface area contributed by atoms with Crippen molar-refractivity contribution in [2.45, 2.75) is 29.8 Å². The van der Waals surface area contributed by atoms with Crippen LogP contribution in [0.25, 0.3) is 0 Å². The van der Waals surface area contributed by atoms with Gasteiger partial charge in [-0.15, -0.1) is 0 Å². The van der Waals surface area contributed by atoms with Crippen molar-refractivity contribution in [1.29, 1.82) is 0 Å². The molecule has 0 spiro atoms. The molecule has 0 fully saturated rings. The second-order valence-corrected chi connectivity index (χ2v) is 6.51. The molecule has 128 valence electrons. The molecular formula is C18H18N4O2S. The maximum absolute atomic E-state index is 12.5. The fraction of sp³-hybridized carbons (Fsp3) is 0.222. The molecule has 3 aromatic rings. The minimum absolute atomic E-state index is 0.0920. The number of hydrogen-bond acceptors (Lipinski definition) is 6. The first-order valence-corrected chi connectivity index (χ1v) is 8.73. The molecule has 0 bridgehead atoms. The van der Waals surface area contributed by atoms with Gasteiger partial charge in [0.15, 0.2) is 5.82 Å². The van der Waals surface area contributed by atoms with E-state index >= 15 is 0 Å². The van der Waals surface area contributed by atoms with Crippen LogP contribution in [0.5, 0.6) is 0 Å². The Bertz CT molecular complexity index is 834. The van der Waals surface area contributed by atoms with Gasteiger partial charge in [-0.05, 0) is 36.4 Å². The molecule has 0 N–H and O–H groups in total. The van der Waals surface area contributed by atoms with E-state index in [0.717, 1.165) is 9.92 Å². The van der Waals surface area contributed by atoms with Gasteiger partial charge in [0, 0.05) is 30.1 Å². The summed E-state index contributed by atoms with van der Waals surface area (Å²) in [6, 6.07) is 13.3. The molecule has 1 aromatic carbocycles. The lowest BCUT2D eigenvalue weighted by Gasteiger charge is -2.15. The molecule has 0 unspecified atom stereocenters. The van der Waals surface area contributed by atoms with Crippen LogP contribution in [0.4, 0.5) is 0 Å². The Morgan fingerprint density at radius 3 is 2.64 bits per heavy atom. The van der Waals surface area contributed by atoms with E-state index < -0.39 is 0 Å². The Balaban J connectivity index is 1.63. The first kappa shape index (κ1) is 17.2. The van der Waals surface area contributed by atoms with Crippen molar-refractivity contribution >= 4 is 17.7 Å². The third-order valence-corrected chi connectivity index (χ3v) is 4.47. The van der Waals surface area contributed by atoms with Crippen LogP contribution in [0, 0.1) is 0 Å². The molecule has 2 aromatic heterocycles. The van der Waals surface area contributed by atoms with Crippen LogP contribution in [0.3, 0.4) is 0 Å². The highest BCUT2D eigenvalue weighted by molar-refractivity contribution is 7.99. The van der Waals surface area contributed by atoms with Crippen LogP contribution >= 0.6 is 11.8 Å². The molecule has 0 saturated carbocycles. The van der Waals surface area contributed by atoms with Crippen LogP contribution in [0.15, 0.2) is 63.1 Å². The second-order valence-electron chi connectivity index (χ2n) is 5.41. The molecule has 0 saturated heterocycles. The number of benzene rings is 1. The monoisotopic (exact) mass is 354 g/mol. The van der Waals surface area contributed by atoms with E-state index in [1.54, 1.807) is 29.9 Å². The zero-order valence-electron chi connectivity index (χ0n) is 14.0. The molecule has 0 aliphatic heterocycles. The summed E-state index contributed by atoms with van der Waals surface area (Å²) in [5.41, 5.74) is 0.614. The van der Waals surface area contributed by atoms with Gasteiger partial charge in [0.1, 0.15) is 5.03 Å². The predicted molar refractivity (Wildman–Crippen MR) is 94.3 cm³/mol. The minimum atomic E-state index is -0.0920. The van der Waals surface area contributed by atoms with Gasteiger partial charge in [-0.3, -0.25) is 4.79 Å². The van der Waals surface area contributed by atoms with Gasteiger partial charge in [0.05, 0.1) is 6.54 Å². The fourth-order valence-electron chi connectivity index (χ4n) is 2.19. The van der Waals surface area contributed by atoms with Crippen molar-refractivity contribution in [3.8, 4) is 0 Å². The summed E-state index contributed by atoms with van der Waals surface area (Å²) in [7, 11) is 1.72. The minimum Gasteiger partial charge on any atom is -0.337 e. The zero-order valence-corrected chi connectivity index (χ0v) is 14.9. The summed E-state index contributed by atoms with van der Waals surface area (Å²) < 4.78 is 5.13. The molecule has 3 rings (SSSR count). The Morgan fingerprint density at radius 2 is 2.00 bits per heavy atom. The topological polar surface area (TPSA) is 72.1 Å². The van der Waals surface area contributed by atoms with Gasteiger partial charge in [-0.2, -0.15) is 4.98 Å². The Kier molecular flexibility index (Phi) is 5.45. The van der Waals surface area contributed by atoms with E-state index in [1.807, 2.05) is 49.4 Å². The van der Waals surface area contributed by atoms with Crippen molar-refractivity contribution in [2.24, 2.45) is 0 Å². The van der Waals surface area contributed by atoms with Gasteiger partial charge >= 0.3 is 0 Å². The molecule has 6 nitrogen and oxygen atoms in total. The Hall–Kier alpha value is -2.67. The number of carbonyl (C=O) groups excluding carboxylic acids is 1. The molecule has 25 heavy (non-hydrogen) atoms. The summed E-state index contributed by atoms with van der Waals surface area (Å²) >= 11 is 1.55. The van der Waals surface area contributed by atoms with E-state index in [2.05, 4.69) is 15.1 Å².